The first-order chi connectivity index (χ1) is 17.1. The highest BCUT2D eigenvalue weighted by Gasteiger charge is 2.46. The maximum Gasteiger partial charge on any atom is 0.339 e. The minimum absolute atomic E-state index is 0.0574. The number of esters is 1. The molecule has 1 saturated heterocycles. The van der Waals surface area contributed by atoms with Gasteiger partial charge in [-0.15, -0.1) is 0 Å². The van der Waals surface area contributed by atoms with Gasteiger partial charge in [0.05, 0.1) is 31.8 Å². The van der Waals surface area contributed by atoms with Crippen LogP contribution in [-0.4, -0.2) is 104 Å². The van der Waals surface area contributed by atoms with Crippen LogP contribution in [0.2, 0.25) is 0 Å². The SMILES string of the molecule is COc1cc(C2c3c(cc(O)c(O)c3O)C(=O)OC2COC2OC(CO)C(O)C(O)C2O)ccc1O. The number of ether oxygens (including phenoxy) is 4. The fourth-order valence-electron chi connectivity index (χ4n) is 4.39. The van der Waals surface area contributed by atoms with E-state index in [1.807, 2.05) is 0 Å². The highest BCUT2D eigenvalue weighted by Crippen LogP contribution is 2.49. The first kappa shape index (κ1) is 25.8. The molecular weight excluding hydrogens is 484 g/mol. The van der Waals surface area contributed by atoms with Crippen molar-refractivity contribution in [3.05, 3.63) is 41.0 Å². The van der Waals surface area contributed by atoms with Crippen molar-refractivity contribution >= 4 is 5.97 Å². The van der Waals surface area contributed by atoms with Crippen molar-refractivity contribution in [1.29, 1.82) is 0 Å². The summed E-state index contributed by atoms with van der Waals surface area (Å²) in [5.74, 6) is -4.53. The van der Waals surface area contributed by atoms with Crippen LogP contribution < -0.4 is 4.74 Å². The fraction of sp³-hybridized carbons (Fsp3) is 0.435. The third-order valence-electron chi connectivity index (χ3n) is 6.29. The second-order valence-electron chi connectivity index (χ2n) is 8.44. The number of aliphatic hydroxyl groups excluding tert-OH is 4. The van der Waals surface area contributed by atoms with E-state index in [1.165, 1.54) is 25.3 Å². The van der Waals surface area contributed by atoms with Gasteiger partial charge in [0, 0.05) is 5.56 Å². The summed E-state index contributed by atoms with van der Waals surface area (Å²) < 4.78 is 21.5. The third kappa shape index (κ3) is 4.36. The molecule has 2 heterocycles. The van der Waals surface area contributed by atoms with Gasteiger partial charge in [0.15, 0.2) is 29.3 Å². The van der Waals surface area contributed by atoms with Gasteiger partial charge in [-0.1, -0.05) is 6.07 Å². The molecule has 2 aromatic carbocycles. The van der Waals surface area contributed by atoms with E-state index >= 15 is 0 Å². The van der Waals surface area contributed by atoms with E-state index in [-0.39, 0.29) is 22.6 Å². The van der Waals surface area contributed by atoms with Crippen molar-refractivity contribution in [2.75, 3.05) is 20.3 Å². The van der Waals surface area contributed by atoms with Crippen LogP contribution in [0.4, 0.5) is 0 Å². The van der Waals surface area contributed by atoms with Crippen LogP contribution in [0.15, 0.2) is 24.3 Å². The van der Waals surface area contributed by atoms with Crippen LogP contribution in [-0.2, 0) is 14.2 Å². The molecule has 2 aromatic rings. The van der Waals surface area contributed by atoms with E-state index in [9.17, 15) is 45.6 Å². The van der Waals surface area contributed by atoms with E-state index in [1.54, 1.807) is 0 Å². The Balaban J connectivity index is 1.73. The Morgan fingerprint density at radius 3 is 2.31 bits per heavy atom. The summed E-state index contributed by atoms with van der Waals surface area (Å²) in [6.07, 6.45) is -9.00. The van der Waals surface area contributed by atoms with Gasteiger partial charge in [-0.25, -0.2) is 4.79 Å². The molecule has 0 bridgehead atoms. The monoisotopic (exact) mass is 510 g/mol. The number of hydrogen-bond acceptors (Lipinski definition) is 13. The number of carbonyl (C=O) groups excluding carboxylic acids is 1. The molecule has 196 valence electrons. The Bertz CT molecular complexity index is 1130. The molecule has 0 saturated carbocycles. The summed E-state index contributed by atoms with van der Waals surface area (Å²) >= 11 is 0. The molecule has 2 aliphatic heterocycles. The number of fused-ring (bicyclic) bond motifs is 1. The predicted molar refractivity (Wildman–Crippen MR) is 117 cm³/mol. The molecule has 36 heavy (non-hydrogen) atoms. The van der Waals surface area contributed by atoms with Crippen LogP contribution in [0, 0.1) is 0 Å². The van der Waals surface area contributed by atoms with Crippen molar-refractivity contribution in [3.63, 3.8) is 0 Å². The molecule has 4 rings (SSSR count). The quantitative estimate of drug-likeness (QED) is 0.173. The number of cyclic esters (lactones) is 1. The van der Waals surface area contributed by atoms with Crippen molar-refractivity contribution in [2.45, 2.75) is 42.7 Å². The molecule has 0 aliphatic carbocycles. The highest BCUT2D eigenvalue weighted by atomic mass is 16.7. The maximum absolute atomic E-state index is 12.7. The topological polar surface area (TPSA) is 216 Å². The van der Waals surface area contributed by atoms with Gasteiger partial charge >= 0.3 is 5.97 Å². The minimum atomic E-state index is -1.71. The number of carbonyl (C=O) groups is 1. The average molecular weight is 510 g/mol. The summed E-state index contributed by atoms with van der Waals surface area (Å²) in [5, 5.41) is 80.3. The largest absolute Gasteiger partial charge is 0.504 e. The summed E-state index contributed by atoms with van der Waals surface area (Å²) in [6, 6.07) is 5.10. The van der Waals surface area contributed by atoms with E-state index in [2.05, 4.69) is 0 Å². The highest BCUT2D eigenvalue weighted by molar-refractivity contribution is 5.95. The number of benzene rings is 2. The Morgan fingerprint density at radius 1 is 0.917 bits per heavy atom. The number of rotatable bonds is 6. The Hall–Kier alpha value is -3.33. The van der Waals surface area contributed by atoms with Crippen molar-refractivity contribution in [1.82, 2.24) is 0 Å². The van der Waals surface area contributed by atoms with E-state index < -0.39 is 79.2 Å². The zero-order chi connectivity index (χ0) is 26.3. The number of phenols is 4. The molecule has 0 spiro atoms. The van der Waals surface area contributed by atoms with E-state index in [0.717, 1.165) is 6.07 Å². The number of aliphatic hydroxyl groups is 4. The fourth-order valence-corrected chi connectivity index (χ4v) is 4.39. The maximum atomic E-state index is 12.7. The molecule has 1 fully saturated rings. The number of phenolic OH excluding ortho intramolecular Hbond substituents is 4. The van der Waals surface area contributed by atoms with Crippen molar-refractivity contribution in [2.24, 2.45) is 0 Å². The van der Waals surface area contributed by atoms with Crippen LogP contribution in [0.25, 0.3) is 0 Å². The Labute approximate surface area is 203 Å². The van der Waals surface area contributed by atoms with Gasteiger partial charge in [-0.2, -0.15) is 0 Å². The Morgan fingerprint density at radius 2 is 1.64 bits per heavy atom. The average Bonchev–Trinajstić information content (AvgIpc) is 2.86. The molecule has 0 radical (unpaired) electrons. The molecule has 2 aliphatic rings. The van der Waals surface area contributed by atoms with E-state index in [0.29, 0.717) is 5.56 Å². The lowest BCUT2D eigenvalue weighted by Crippen LogP contribution is -2.59. The third-order valence-corrected chi connectivity index (χ3v) is 6.29. The van der Waals surface area contributed by atoms with Crippen molar-refractivity contribution < 1.29 is 64.6 Å². The molecule has 0 aromatic heterocycles. The van der Waals surface area contributed by atoms with Crippen LogP contribution in [0.5, 0.6) is 28.7 Å². The lowest BCUT2D eigenvalue weighted by Gasteiger charge is -2.40. The minimum Gasteiger partial charge on any atom is -0.504 e. The lowest BCUT2D eigenvalue weighted by atomic mass is 9.81. The molecule has 7 unspecified atom stereocenters. The number of aromatic hydroxyl groups is 4. The number of hydrogen-bond donors (Lipinski definition) is 8. The van der Waals surface area contributed by atoms with Gasteiger partial charge in [0.2, 0.25) is 5.75 Å². The van der Waals surface area contributed by atoms with E-state index in [4.69, 9.17) is 18.9 Å². The standard InChI is InChI=1S/C23H26O13/c1-33-12-4-8(2-3-10(12)25)15-14(7-34-23-21(31)20(30)18(28)13(6-24)36-23)35-22(32)9-5-11(26)17(27)19(29)16(9)15/h2-5,13-15,18,20-21,23-31H,6-7H2,1H3. The molecule has 7 atom stereocenters. The second kappa shape index (κ2) is 9.97. The Kier molecular flexibility index (Phi) is 7.13. The smallest absolute Gasteiger partial charge is 0.339 e. The summed E-state index contributed by atoms with van der Waals surface area (Å²) in [5.41, 5.74) is 0.0156. The summed E-state index contributed by atoms with van der Waals surface area (Å²) in [4.78, 5) is 12.7. The zero-order valence-electron chi connectivity index (χ0n) is 18.9. The summed E-state index contributed by atoms with van der Waals surface area (Å²) in [7, 11) is 1.31. The van der Waals surface area contributed by atoms with Crippen LogP contribution >= 0.6 is 0 Å². The predicted octanol–water partition coefficient (Wildman–Crippen LogP) is -0.995. The molecular formula is C23H26O13. The first-order valence-electron chi connectivity index (χ1n) is 10.9. The van der Waals surface area contributed by atoms with Crippen LogP contribution in [0.1, 0.15) is 27.4 Å². The lowest BCUT2D eigenvalue weighted by molar-refractivity contribution is -0.304. The molecule has 0 amide bonds. The number of methoxy groups -OCH3 is 1. The second-order valence-corrected chi connectivity index (χ2v) is 8.44. The van der Waals surface area contributed by atoms with Crippen LogP contribution in [0.3, 0.4) is 0 Å². The zero-order valence-corrected chi connectivity index (χ0v) is 18.9. The summed E-state index contributed by atoms with van der Waals surface area (Å²) in [6.45, 7) is -1.16. The molecule has 13 nitrogen and oxygen atoms in total. The molecule has 8 N–H and O–H groups in total. The molecule has 13 heteroatoms. The first-order valence-corrected chi connectivity index (χ1v) is 10.9. The normalized spacial score (nSPS) is 29.9. The van der Waals surface area contributed by atoms with Gasteiger partial charge in [0.25, 0.3) is 0 Å². The van der Waals surface area contributed by atoms with Gasteiger partial charge in [-0.05, 0) is 23.8 Å². The van der Waals surface area contributed by atoms with Gasteiger partial charge in [0.1, 0.15) is 30.5 Å². The van der Waals surface area contributed by atoms with Gasteiger partial charge in [-0.3, -0.25) is 0 Å². The van der Waals surface area contributed by atoms with Crippen molar-refractivity contribution in [3.8, 4) is 28.7 Å². The van der Waals surface area contributed by atoms with Gasteiger partial charge < -0.3 is 59.8 Å².